The molecule has 2 aliphatic rings. The zero-order valence-electron chi connectivity index (χ0n) is 14.4. The lowest BCUT2D eigenvalue weighted by atomic mass is 9.82. The van der Waals surface area contributed by atoms with Crippen molar-refractivity contribution in [3.05, 3.63) is 36.4 Å². The molecule has 2 atom stereocenters. The lowest BCUT2D eigenvalue weighted by Gasteiger charge is -2.38. The number of methoxy groups -OCH3 is 1. The summed E-state index contributed by atoms with van der Waals surface area (Å²) in [7, 11) is 1.65. The van der Waals surface area contributed by atoms with E-state index in [0.717, 1.165) is 24.5 Å². The van der Waals surface area contributed by atoms with Crippen molar-refractivity contribution in [2.75, 3.05) is 38.2 Å². The van der Waals surface area contributed by atoms with E-state index in [1.165, 1.54) is 0 Å². The maximum Gasteiger partial charge on any atom is 0.307 e. The number of carboxylic acid groups (broad SMARTS) is 1. The molecule has 1 aliphatic carbocycles. The van der Waals surface area contributed by atoms with Gasteiger partial charge in [0.2, 0.25) is 5.91 Å². The van der Waals surface area contributed by atoms with E-state index in [0.29, 0.717) is 25.9 Å². The number of hydrogen-bond donors (Lipinski definition) is 1. The first-order valence-corrected chi connectivity index (χ1v) is 8.65. The Morgan fingerprint density at radius 2 is 1.76 bits per heavy atom. The number of nitrogens with zero attached hydrogens (tertiary/aromatic N) is 2. The van der Waals surface area contributed by atoms with Crippen molar-refractivity contribution in [3.63, 3.8) is 0 Å². The number of amides is 1. The van der Waals surface area contributed by atoms with E-state index in [4.69, 9.17) is 4.74 Å². The van der Waals surface area contributed by atoms with E-state index in [9.17, 15) is 14.7 Å². The van der Waals surface area contributed by atoms with Gasteiger partial charge in [0, 0.05) is 37.9 Å². The summed E-state index contributed by atoms with van der Waals surface area (Å²) in [5.41, 5.74) is 1.08. The second kappa shape index (κ2) is 7.59. The number of hydrogen-bond acceptors (Lipinski definition) is 4. The van der Waals surface area contributed by atoms with Gasteiger partial charge in [0.25, 0.3) is 0 Å². The van der Waals surface area contributed by atoms with Crippen LogP contribution in [0.3, 0.4) is 0 Å². The minimum absolute atomic E-state index is 0.0259. The zero-order valence-corrected chi connectivity index (χ0v) is 14.4. The largest absolute Gasteiger partial charge is 0.497 e. The molecule has 1 aliphatic heterocycles. The molecule has 134 valence electrons. The molecule has 1 aromatic carbocycles. The smallest absolute Gasteiger partial charge is 0.307 e. The van der Waals surface area contributed by atoms with Gasteiger partial charge >= 0.3 is 5.97 Å². The Kier molecular flexibility index (Phi) is 5.26. The Morgan fingerprint density at radius 1 is 1.08 bits per heavy atom. The van der Waals surface area contributed by atoms with E-state index >= 15 is 0 Å². The molecule has 6 heteroatoms. The number of ether oxygens (including phenoxy) is 1. The lowest BCUT2D eigenvalue weighted by molar-refractivity contribution is -0.150. The standard InChI is InChI=1S/C19H24N2O4/c1-25-15-6-4-5-14(13-15)20-9-11-21(12-10-20)18(22)16-7-2-3-8-17(16)19(23)24/h2-6,13,16-17H,7-12H2,1H3,(H,23,24)/t16-,17-/m1/s1. The minimum atomic E-state index is -0.877. The number of anilines is 1. The average molecular weight is 344 g/mol. The van der Waals surface area contributed by atoms with Crippen LogP contribution in [0.1, 0.15) is 12.8 Å². The molecule has 0 bridgehead atoms. The second-order valence-corrected chi connectivity index (χ2v) is 6.51. The number of carboxylic acids is 1. The average Bonchev–Trinajstić information content (AvgIpc) is 2.67. The predicted octanol–water partition coefficient (Wildman–Crippen LogP) is 2.01. The van der Waals surface area contributed by atoms with Crippen LogP contribution in [0.2, 0.25) is 0 Å². The topological polar surface area (TPSA) is 70.1 Å². The van der Waals surface area contributed by atoms with Crippen LogP contribution in [-0.4, -0.2) is 55.2 Å². The monoisotopic (exact) mass is 344 g/mol. The third-order valence-electron chi connectivity index (χ3n) is 5.08. The van der Waals surface area contributed by atoms with Gasteiger partial charge in [0.1, 0.15) is 5.75 Å². The van der Waals surface area contributed by atoms with Gasteiger partial charge in [-0.25, -0.2) is 0 Å². The summed E-state index contributed by atoms with van der Waals surface area (Å²) in [4.78, 5) is 28.3. The van der Waals surface area contributed by atoms with Gasteiger partial charge in [-0.15, -0.1) is 0 Å². The Bertz CT molecular complexity index is 665. The van der Waals surface area contributed by atoms with Crippen LogP contribution in [-0.2, 0) is 9.59 Å². The zero-order chi connectivity index (χ0) is 17.8. The van der Waals surface area contributed by atoms with Gasteiger partial charge in [-0.3, -0.25) is 9.59 Å². The SMILES string of the molecule is COc1cccc(N2CCN(C(=O)[C@@H]3CC=CC[C@H]3C(=O)O)CC2)c1. The molecule has 0 spiro atoms. The normalized spacial score (nSPS) is 23.4. The Balaban J connectivity index is 1.62. The minimum Gasteiger partial charge on any atom is -0.497 e. The fourth-order valence-electron chi connectivity index (χ4n) is 3.59. The van der Waals surface area contributed by atoms with Crippen LogP contribution < -0.4 is 9.64 Å². The van der Waals surface area contributed by atoms with Crippen LogP contribution in [0.25, 0.3) is 0 Å². The van der Waals surface area contributed by atoms with Gasteiger partial charge in [0.15, 0.2) is 0 Å². The van der Waals surface area contributed by atoms with Gasteiger partial charge in [-0.2, -0.15) is 0 Å². The summed E-state index contributed by atoms with van der Waals surface area (Å²) < 4.78 is 5.27. The highest BCUT2D eigenvalue weighted by Crippen LogP contribution is 2.29. The highest BCUT2D eigenvalue weighted by atomic mass is 16.5. The first-order valence-electron chi connectivity index (χ1n) is 8.65. The molecule has 1 saturated heterocycles. The number of carbonyl (C=O) groups excluding carboxylic acids is 1. The summed E-state index contributed by atoms with van der Waals surface area (Å²) in [5.74, 6) is -1.13. The van der Waals surface area contributed by atoms with Crippen molar-refractivity contribution >= 4 is 17.6 Å². The molecule has 3 rings (SSSR count). The summed E-state index contributed by atoms with van der Waals surface area (Å²) in [6.45, 7) is 2.70. The van der Waals surface area contributed by atoms with Gasteiger partial charge in [-0.1, -0.05) is 18.2 Å². The van der Waals surface area contributed by atoms with Crippen LogP contribution in [0.15, 0.2) is 36.4 Å². The Hall–Kier alpha value is -2.50. The Morgan fingerprint density at radius 3 is 2.40 bits per heavy atom. The molecule has 0 unspecified atom stereocenters. The fourth-order valence-corrected chi connectivity index (χ4v) is 3.59. The quantitative estimate of drug-likeness (QED) is 0.846. The maximum absolute atomic E-state index is 12.8. The van der Waals surface area contributed by atoms with Crippen molar-refractivity contribution in [1.82, 2.24) is 4.90 Å². The first-order chi connectivity index (χ1) is 12.1. The molecule has 1 fully saturated rings. The molecule has 1 amide bonds. The number of piperazine rings is 1. The first kappa shape index (κ1) is 17.3. The molecular formula is C19H24N2O4. The van der Waals surface area contributed by atoms with Crippen molar-refractivity contribution in [2.45, 2.75) is 12.8 Å². The van der Waals surface area contributed by atoms with E-state index < -0.39 is 17.8 Å². The van der Waals surface area contributed by atoms with Crippen molar-refractivity contribution in [2.24, 2.45) is 11.8 Å². The number of benzene rings is 1. The van der Waals surface area contributed by atoms with Gasteiger partial charge < -0.3 is 19.6 Å². The van der Waals surface area contributed by atoms with Gasteiger partial charge in [-0.05, 0) is 25.0 Å². The molecule has 25 heavy (non-hydrogen) atoms. The van der Waals surface area contributed by atoms with Crippen LogP contribution in [0.5, 0.6) is 5.75 Å². The van der Waals surface area contributed by atoms with E-state index in [-0.39, 0.29) is 5.91 Å². The van der Waals surface area contributed by atoms with Crippen molar-refractivity contribution < 1.29 is 19.4 Å². The van der Waals surface area contributed by atoms with Gasteiger partial charge in [0.05, 0.1) is 18.9 Å². The number of rotatable bonds is 4. The van der Waals surface area contributed by atoms with Crippen molar-refractivity contribution in [1.29, 1.82) is 0 Å². The summed E-state index contributed by atoms with van der Waals surface area (Å²) in [5, 5.41) is 9.37. The molecule has 1 heterocycles. The van der Waals surface area contributed by atoms with E-state index in [1.807, 2.05) is 41.3 Å². The lowest BCUT2D eigenvalue weighted by Crippen LogP contribution is -2.52. The van der Waals surface area contributed by atoms with Crippen LogP contribution in [0.4, 0.5) is 5.69 Å². The summed E-state index contributed by atoms with van der Waals surface area (Å²) in [6.07, 6.45) is 4.75. The molecule has 0 saturated carbocycles. The molecule has 0 aromatic heterocycles. The van der Waals surface area contributed by atoms with E-state index in [1.54, 1.807) is 7.11 Å². The highest BCUT2D eigenvalue weighted by molar-refractivity contribution is 5.85. The summed E-state index contributed by atoms with van der Waals surface area (Å²) in [6, 6.07) is 7.89. The maximum atomic E-state index is 12.8. The molecule has 1 N–H and O–H groups in total. The number of allylic oxidation sites excluding steroid dienone is 2. The van der Waals surface area contributed by atoms with Crippen LogP contribution in [0, 0.1) is 11.8 Å². The molecule has 6 nitrogen and oxygen atoms in total. The fraction of sp³-hybridized carbons (Fsp3) is 0.474. The van der Waals surface area contributed by atoms with E-state index in [2.05, 4.69) is 4.90 Å². The molecular weight excluding hydrogens is 320 g/mol. The third-order valence-corrected chi connectivity index (χ3v) is 5.08. The summed E-state index contributed by atoms with van der Waals surface area (Å²) >= 11 is 0. The molecule has 1 aromatic rings. The van der Waals surface area contributed by atoms with Crippen molar-refractivity contribution in [3.8, 4) is 5.75 Å². The number of aliphatic carboxylic acids is 1. The van der Waals surface area contributed by atoms with Crippen LogP contribution >= 0.6 is 0 Å². The highest BCUT2D eigenvalue weighted by Gasteiger charge is 2.37. The number of carbonyl (C=O) groups is 2. The predicted molar refractivity (Wildman–Crippen MR) is 94.8 cm³/mol. The third kappa shape index (κ3) is 3.78. The Labute approximate surface area is 147 Å². The second-order valence-electron chi connectivity index (χ2n) is 6.51. The molecule has 0 radical (unpaired) electrons.